The molecule has 12 atom stereocenters. The summed E-state index contributed by atoms with van der Waals surface area (Å²) in [5.41, 5.74) is 0.726. The summed E-state index contributed by atoms with van der Waals surface area (Å²) < 4.78 is 45.2. The molecule has 0 bridgehead atoms. The number of rotatable bonds is 3. The molecule has 2 saturated heterocycles. The first-order valence-corrected chi connectivity index (χ1v) is 17.6. The van der Waals surface area contributed by atoms with Crippen molar-refractivity contribution >= 4 is 15.9 Å². The number of fused-ring (bicyclic) bond motifs is 7. The number of ether oxygens (including phenoxy) is 2. The highest BCUT2D eigenvalue weighted by molar-refractivity contribution is 7.86. The minimum absolute atomic E-state index is 0.0431. The van der Waals surface area contributed by atoms with Crippen LogP contribution in [0.4, 0.5) is 0 Å². The normalized spacial score (nSPS) is 49.3. The van der Waals surface area contributed by atoms with Crippen LogP contribution in [-0.4, -0.2) is 38.8 Å². The van der Waals surface area contributed by atoms with Crippen LogP contribution in [0, 0.1) is 59.2 Å². The summed E-state index contributed by atoms with van der Waals surface area (Å²) in [6.07, 6.45) is 8.09. The molecule has 6 fully saturated rings. The molecule has 2 aliphatic heterocycles. The van der Waals surface area contributed by atoms with E-state index < -0.39 is 15.9 Å². The molecule has 0 radical (unpaired) electrons. The quantitative estimate of drug-likeness (QED) is 0.368. The van der Waals surface area contributed by atoms with Crippen molar-refractivity contribution in [2.75, 3.05) is 6.61 Å². The molecule has 6 nitrogen and oxygen atoms in total. The molecule has 0 amide bonds. The van der Waals surface area contributed by atoms with E-state index in [4.69, 9.17) is 13.7 Å². The third-order valence-electron chi connectivity index (χ3n) is 13.3. The molecular formula is C34H48O6S. The van der Waals surface area contributed by atoms with E-state index in [1.54, 1.807) is 12.1 Å². The zero-order chi connectivity index (χ0) is 28.9. The van der Waals surface area contributed by atoms with Crippen molar-refractivity contribution in [1.29, 1.82) is 0 Å². The van der Waals surface area contributed by atoms with Crippen molar-refractivity contribution in [3.8, 4) is 0 Å². The van der Waals surface area contributed by atoms with Crippen LogP contribution < -0.4 is 0 Å². The van der Waals surface area contributed by atoms with Crippen LogP contribution in [0.25, 0.3) is 0 Å². The molecule has 4 aliphatic carbocycles. The Bertz CT molecular complexity index is 1300. The topological polar surface area (TPSA) is 78.9 Å². The maximum Gasteiger partial charge on any atom is 0.297 e. The highest BCUT2D eigenvalue weighted by Crippen LogP contribution is 2.70. The molecule has 41 heavy (non-hydrogen) atoms. The summed E-state index contributed by atoms with van der Waals surface area (Å²) in [6, 6.07) is 6.90. The highest BCUT2D eigenvalue weighted by atomic mass is 32.2. The minimum atomic E-state index is -3.79. The van der Waals surface area contributed by atoms with Gasteiger partial charge in [-0.3, -0.25) is 8.98 Å². The molecule has 1 aromatic carbocycles. The first kappa shape index (κ1) is 28.5. The molecule has 6 aliphatic rings. The Morgan fingerprint density at radius 3 is 2.41 bits per heavy atom. The predicted molar refractivity (Wildman–Crippen MR) is 155 cm³/mol. The Morgan fingerprint density at radius 2 is 1.71 bits per heavy atom. The van der Waals surface area contributed by atoms with E-state index in [1.165, 1.54) is 0 Å². The Balaban J connectivity index is 1.08. The molecule has 0 unspecified atom stereocenters. The summed E-state index contributed by atoms with van der Waals surface area (Å²) in [5, 5.41) is 0. The second kappa shape index (κ2) is 9.61. The standard InChI is InChI=1S/C34H48O6S/c1-20-6-9-25(10-7-20)41(36,37)40-24-13-14-32(4)23(16-24)8-11-26-27(32)18-30(35)33(5)28(26)17-29-31(33)22(3)34(39-29)15-12-21(2)19-38-34/h6-7,9-10,21-24,26-29,31H,8,11-19H2,1-5H3/t21-,22-,23-,24+,26+,27-,28-,29-,31-,32-,33+,34+/m0/s1. The molecular weight excluding hydrogens is 536 g/mol. The van der Waals surface area contributed by atoms with Gasteiger partial charge in [-0.15, -0.1) is 0 Å². The van der Waals surface area contributed by atoms with Gasteiger partial charge in [0.05, 0.1) is 23.7 Å². The smallest absolute Gasteiger partial charge is 0.297 e. The van der Waals surface area contributed by atoms with Crippen LogP contribution in [0.5, 0.6) is 0 Å². The van der Waals surface area contributed by atoms with Crippen LogP contribution in [-0.2, 0) is 28.6 Å². The Labute approximate surface area is 246 Å². The third-order valence-corrected chi connectivity index (χ3v) is 14.7. The number of carbonyl (C=O) groups is 1. The van der Waals surface area contributed by atoms with Gasteiger partial charge in [0.2, 0.25) is 0 Å². The molecule has 1 spiro atoms. The van der Waals surface area contributed by atoms with E-state index in [1.807, 2.05) is 19.1 Å². The van der Waals surface area contributed by atoms with Crippen molar-refractivity contribution in [2.24, 2.45) is 52.3 Å². The number of aryl methyl sites for hydroxylation is 1. The zero-order valence-corrected chi connectivity index (χ0v) is 26.3. The first-order valence-electron chi connectivity index (χ1n) is 16.2. The lowest BCUT2D eigenvalue weighted by Gasteiger charge is -2.60. The lowest BCUT2D eigenvalue weighted by molar-refractivity contribution is -0.272. The van der Waals surface area contributed by atoms with Crippen LogP contribution >= 0.6 is 0 Å². The number of carbonyl (C=O) groups excluding carboxylic acids is 1. The zero-order valence-electron chi connectivity index (χ0n) is 25.4. The fraction of sp³-hybridized carbons (Fsp3) is 0.794. The molecule has 0 aromatic heterocycles. The average molecular weight is 585 g/mol. The number of hydrogen-bond acceptors (Lipinski definition) is 6. The monoisotopic (exact) mass is 584 g/mol. The van der Waals surface area contributed by atoms with Crippen molar-refractivity contribution in [3.05, 3.63) is 29.8 Å². The maximum atomic E-state index is 14.3. The fourth-order valence-electron chi connectivity index (χ4n) is 10.9. The van der Waals surface area contributed by atoms with Gasteiger partial charge in [-0.05, 0) is 99.0 Å². The van der Waals surface area contributed by atoms with Crippen molar-refractivity contribution in [2.45, 2.75) is 115 Å². The minimum Gasteiger partial charge on any atom is -0.349 e. The molecule has 0 N–H and O–H groups in total. The molecule has 1 aromatic rings. The third kappa shape index (κ3) is 4.18. The molecule has 7 heteroatoms. The van der Waals surface area contributed by atoms with Crippen molar-refractivity contribution in [1.82, 2.24) is 0 Å². The Kier molecular flexibility index (Phi) is 6.68. The van der Waals surface area contributed by atoms with Crippen LogP contribution in [0.2, 0.25) is 0 Å². The van der Waals surface area contributed by atoms with Gasteiger partial charge in [0, 0.05) is 30.1 Å². The number of ketones is 1. The van der Waals surface area contributed by atoms with Crippen LogP contribution in [0.15, 0.2) is 29.2 Å². The SMILES string of the molecule is Cc1ccc(S(=O)(=O)O[C@@H]2CC[C@@]3(C)[C@@H](CC[C@@H]4[C@@H]3CC(=O)[C@]3(C)[C@@H]5[C@H](C[C@@H]43)O[C@]3(CC[C@H](C)CO3)[C@H]5C)C2)cc1. The lowest BCUT2D eigenvalue weighted by atomic mass is 9.44. The predicted octanol–water partition coefficient (Wildman–Crippen LogP) is 6.69. The summed E-state index contributed by atoms with van der Waals surface area (Å²) in [4.78, 5) is 14.5. The summed E-state index contributed by atoms with van der Waals surface area (Å²) in [6.45, 7) is 11.9. The first-order chi connectivity index (χ1) is 19.4. The second-order valence-corrected chi connectivity index (χ2v) is 16.9. The van der Waals surface area contributed by atoms with E-state index in [-0.39, 0.29) is 39.8 Å². The number of Topliss-reactive ketones (excluding diaryl/α,β-unsaturated/α-hetero) is 1. The van der Waals surface area contributed by atoms with Gasteiger partial charge in [0.15, 0.2) is 5.79 Å². The van der Waals surface area contributed by atoms with E-state index >= 15 is 0 Å². The van der Waals surface area contributed by atoms with E-state index in [9.17, 15) is 13.2 Å². The van der Waals surface area contributed by atoms with Gasteiger partial charge in [-0.25, -0.2) is 0 Å². The highest BCUT2D eigenvalue weighted by Gasteiger charge is 2.71. The van der Waals surface area contributed by atoms with E-state index in [2.05, 4.69) is 27.7 Å². The lowest BCUT2D eigenvalue weighted by Crippen LogP contribution is -2.58. The summed E-state index contributed by atoms with van der Waals surface area (Å²) >= 11 is 0. The van der Waals surface area contributed by atoms with E-state index in [0.717, 1.165) is 63.5 Å². The summed E-state index contributed by atoms with van der Waals surface area (Å²) in [7, 11) is -3.79. The summed E-state index contributed by atoms with van der Waals surface area (Å²) in [5.74, 6) is 2.58. The molecule has 7 rings (SSSR count). The fourth-order valence-corrected chi connectivity index (χ4v) is 12.1. The molecule has 226 valence electrons. The Morgan fingerprint density at radius 1 is 0.951 bits per heavy atom. The van der Waals surface area contributed by atoms with Gasteiger partial charge in [-0.2, -0.15) is 8.42 Å². The van der Waals surface area contributed by atoms with Gasteiger partial charge in [0.1, 0.15) is 5.78 Å². The largest absolute Gasteiger partial charge is 0.349 e. The van der Waals surface area contributed by atoms with Crippen LogP contribution in [0.3, 0.4) is 0 Å². The number of hydrogen-bond donors (Lipinski definition) is 0. The Hall–Kier alpha value is -1.28. The molecule has 2 heterocycles. The second-order valence-electron chi connectivity index (χ2n) is 15.3. The van der Waals surface area contributed by atoms with Gasteiger partial charge in [-0.1, -0.05) is 45.4 Å². The van der Waals surface area contributed by atoms with E-state index in [0.29, 0.717) is 41.8 Å². The van der Waals surface area contributed by atoms with Crippen LogP contribution in [0.1, 0.15) is 91.0 Å². The average Bonchev–Trinajstić information content (AvgIpc) is 3.38. The number of benzene rings is 1. The van der Waals surface area contributed by atoms with Gasteiger partial charge < -0.3 is 9.47 Å². The maximum absolute atomic E-state index is 14.3. The molecule has 4 saturated carbocycles. The van der Waals surface area contributed by atoms with Crippen molar-refractivity contribution < 1.29 is 26.9 Å². The van der Waals surface area contributed by atoms with Gasteiger partial charge >= 0.3 is 0 Å². The van der Waals surface area contributed by atoms with Crippen molar-refractivity contribution in [3.63, 3.8) is 0 Å². The van der Waals surface area contributed by atoms with Gasteiger partial charge in [0.25, 0.3) is 10.1 Å².